The van der Waals surface area contributed by atoms with Crippen LogP contribution in [0.5, 0.6) is 0 Å². The monoisotopic (exact) mass is 366 g/mol. The van der Waals surface area contributed by atoms with Crippen molar-refractivity contribution in [2.24, 2.45) is 0 Å². The first kappa shape index (κ1) is 17.0. The third kappa shape index (κ3) is 3.57. The molecular formula is C21H19ClN2O2. The number of benzene rings is 2. The fourth-order valence-corrected chi connectivity index (χ4v) is 3.36. The molecule has 4 rings (SSSR count). The summed E-state index contributed by atoms with van der Waals surface area (Å²) in [6.07, 6.45) is 2.16. The van der Waals surface area contributed by atoms with Crippen molar-refractivity contribution in [3.8, 4) is 11.3 Å². The molecule has 3 aromatic rings. The van der Waals surface area contributed by atoms with E-state index in [-0.39, 0.29) is 12.0 Å². The number of hydrogen-bond acceptors (Lipinski definition) is 3. The number of para-hydroxylation sites is 1. The Balaban J connectivity index is 1.69. The van der Waals surface area contributed by atoms with Crippen LogP contribution in [0.1, 0.15) is 23.2 Å². The molecule has 1 fully saturated rings. The van der Waals surface area contributed by atoms with Crippen LogP contribution >= 0.6 is 11.6 Å². The van der Waals surface area contributed by atoms with Gasteiger partial charge in [-0.3, -0.25) is 4.79 Å². The summed E-state index contributed by atoms with van der Waals surface area (Å²) in [6, 6.07) is 17.0. The third-order valence-corrected chi connectivity index (χ3v) is 4.87. The van der Waals surface area contributed by atoms with Crippen LogP contribution in [0, 0.1) is 0 Å². The number of carbonyl (C=O) groups excluding carboxylic acids is 1. The predicted molar refractivity (Wildman–Crippen MR) is 103 cm³/mol. The summed E-state index contributed by atoms with van der Waals surface area (Å²) < 4.78 is 5.59. The van der Waals surface area contributed by atoms with Crippen LogP contribution in [0.2, 0.25) is 5.02 Å². The Hall–Kier alpha value is -2.43. The van der Waals surface area contributed by atoms with E-state index in [1.165, 1.54) is 0 Å². The lowest BCUT2D eigenvalue weighted by Crippen LogP contribution is -2.31. The van der Waals surface area contributed by atoms with Gasteiger partial charge in [-0.15, -0.1) is 0 Å². The number of rotatable bonds is 4. The van der Waals surface area contributed by atoms with E-state index in [4.69, 9.17) is 21.3 Å². The summed E-state index contributed by atoms with van der Waals surface area (Å²) in [7, 11) is 0. The van der Waals surface area contributed by atoms with Gasteiger partial charge in [0.15, 0.2) is 0 Å². The molecule has 132 valence electrons. The number of hydrogen-bond donors (Lipinski definition) is 1. The second-order valence-corrected chi connectivity index (χ2v) is 6.86. The van der Waals surface area contributed by atoms with Crippen LogP contribution in [0.4, 0.5) is 0 Å². The Kier molecular flexibility index (Phi) is 4.87. The molecule has 0 aliphatic carbocycles. The number of nitrogens with zero attached hydrogens (tertiary/aromatic N) is 1. The van der Waals surface area contributed by atoms with E-state index in [9.17, 15) is 4.79 Å². The average Bonchev–Trinajstić information content (AvgIpc) is 3.19. The topological polar surface area (TPSA) is 51.2 Å². The highest BCUT2D eigenvalue weighted by Gasteiger charge is 2.18. The molecule has 1 N–H and O–H groups in total. The van der Waals surface area contributed by atoms with Crippen molar-refractivity contribution in [2.45, 2.75) is 18.9 Å². The molecule has 4 nitrogen and oxygen atoms in total. The van der Waals surface area contributed by atoms with E-state index in [1.807, 2.05) is 54.6 Å². The van der Waals surface area contributed by atoms with Gasteiger partial charge in [0.1, 0.15) is 0 Å². The summed E-state index contributed by atoms with van der Waals surface area (Å²) in [4.78, 5) is 17.5. The van der Waals surface area contributed by atoms with Crippen molar-refractivity contribution in [2.75, 3.05) is 13.2 Å². The van der Waals surface area contributed by atoms with Crippen molar-refractivity contribution in [1.82, 2.24) is 10.3 Å². The van der Waals surface area contributed by atoms with E-state index < -0.39 is 0 Å². The maximum absolute atomic E-state index is 12.8. The van der Waals surface area contributed by atoms with Crippen molar-refractivity contribution in [1.29, 1.82) is 0 Å². The first-order valence-corrected chi connectivity index (χ1v) is 9.14. The lowest BCUT2D eigenvalue weighted by atomic mass is 10.0. The number of fused-ring (bicyclic) bond motifs is 1. The Morgan fingerprint density at radius 3 is 2.77 bits per heavy atom. The van der Waals surface area contributed by atoms with Crippen molar-refractivity contribution in [3.05, 3.63) is 65.2 Å². The van der Waals surface area contributed by atoms with Gasteiger partial charge in [0.05, 0.1) is 22.9 Å². The van der Waals surface area contributed by atoms with E-state index in [1.54, 1.807) is 0 Å². The molecule has 1 saturated heterocycles. The summed E-state index contributed by atoms with van der Waals surface area (Å²) in [5.74, 6) is -0.102. The highest BCUT2D eigenvalue weighted by atomic mass is 35.5. The zero-order chi connectivity index (χ0) is 17.9. The van der Waals surface area contributed by atoms with Gasteiger partial charge in [0, 0.05) is 29.1 Å². The van der Waals surface area contributed by atoms with Crippen LogP contribution in [-0.4, -0.2) is 30.1 Å². The second kappa shape index (κ2) is 7.44. The maximum atomic E-state index is 12.8. The highest BCUT2D eigenvalue weighted by molar-refractivity contribution is 6.30. The largest absolute Gasteiger partial charge is 0.376 e. The molecule has 1 atom stereocenters. The highest BCUT2D eigenvalue weighted by Crippen LogP contribution is 2.26. The molecule has 26 heavy (non-hydrogen) atoms. The van der Waals surface area contributed by atoms with Gasteiger partial charge >= 0.3 is 0 Å². The fraction of sp³-hybridized carbons (Fsp3) is 0.238. The number of aromatic nitrogens is 1. The van der Waals surface area contributed by atoms with E-state index in [0.29, 0.717) is 17.1 Å². The Bertz CT molecular complexity index is 934. The lowest BCUT2D eigenvalue weighted by molar-refractivity contribution is 0.0859. The first-order valence-electron chi connectivity index (χ1n) is 8.76. The minimum absolute atomic E-state index is 0.102. The first-order chi connectivity index (χ1) is 12.7. The third-order valence-electron chi connectivity index (χ3n) is 4.62. The minimum atomic E-state index is -0.102. The number of ether oxygens (including phenoxy) is 1. The molecule has 2 heterocycles. The van der Waals surface area contributed by atoms with Crippen LogP contribution in [0.15, 0.2) is 54.6 Å². The fourth-order valence-electron chi connectivity index (χ4n) is 3.24. The van der Waals surface area contributed by atoms with Crippen molar-refractivity contribution < 1.29 is 9.53 Å². The molecule has 1 aliphatic rings. The summed E-state index contributed by atoms with van der Waals surface area (Å²) in [6.45, 7) is 1.31. The number of pyridine rings is 1. The van der Waals surface area contributed by atoms with Gasteiger partial charge in [0.25, 0.3) is 5.91 Å². The molecule has 0 spiro atoms. The Labute approximate surface area is 157 Å². The molecular weight excluding hydrogens is 348 g/mol. The van der Waals surface area contributed by atoms with E-state index in [2.05, 4.69) is 5.32 Å². The molecule has 1 aliphatic heterocycles. The number of halogens is 1. The quantitative estimate of drug-likeness (QED) is 0.741. The Morgan fingerprint density at radius 2 is 2.00 bits per heavy atom. The SMILES string of the molecule is O=C(NC[C@H]1CCCO1)c1cc(-c2ccc(Cl)cc2)nc2ccccc12. The van der Waals surface area contributed by atoms with Gasteiger partial charge in [-0.25, -0.2) is 4.98 Å². The van der Waals surface area contributed by atoms with Crippen molar-refractivity contribution in [3.63, 3.8) is 0 Å². The predicted octanol–water partition coefficient (Wildman–Crippen LogP) is 4.46. The van der Waals surface area contributed by atoms with Gasteiger partial charge in [-0.05, 0) is 37.1 Å². The van der Waals surface area contributed by atoms with Gasteiger partial charge in [0.2, 0.25) is 0 Å². The van der Waals surface area contributed by atoms with E-state index in [0.717, 1.165) is 41.6 Å². The van der Waals surface area contributed by atoms with Crippen LogP contribution in [-0.2, 0) is 4.74 Å². The summed E-state index contributed by atoms with van der Waals surface area (Å²) in [5.41, 5.74) is 3.09. The van der Waals surface area contributed by atoms with Crippen LogP contribution in [0.25, 0.3) is 22.2 Å². The van der Waals surface area contributed by atoms with Crippen LogP contribution in [0.3, 0.4) is 0 Å². The molecule has 0 saturated carbocycles. The molecule has 1 aromatic heterocycles. The summed E-state index contributed by atoms with van der Waals surface area (Å²) >= 11 is 5.98. The lowest BCUT2D eigenvalue weighted by Gasteiger charge is -2.13. The molecule has 2 aromatic carbocycles. The van der Waals surface area contributed by atoms with Gasteiger partial charge < -0.3 is 10.1 Å². The molecule has 0 unspecified atom stereocenters. The standard InChI is InChI=1S/C21H19ClN2O2/c22-15-9-7-14(8-10-15)20-12-18(17-5-1-2-6-19(17)24-20)21(25)23-13-16-4-3-11-26-16/h1-2,5-10,12,16H,3-4,11,13H2,(H,23,25)/t16-/m1/s1. The molecule has 5 heteroatoms. The number of amides is 1. The number of nitrogens with one attached hydrogen (secondary N) is 1. The Morgan fingerprint density at radius 1 is 1.19 bits per heavy atom. The molecule has 0 bridgehead atoms. The second-order valence-electron chi connectivity index (χ2n) is 6.42. The zero-order valence-corrected chi connectivity index (χ0v) is 15.0. The van der Waals surface area contributed by atoms with E-state index >= 15 is 0 Å². The average molecular weight is 367 g/mol. The van der Waals surface area contributed by atoms with Gasteiger partial charge in [-0.2, -0.15) is 0 Å². The maximum Gasteiger partial charge on any atom is 0.252 e. The summed E-state index contributed by atoms with van der Waals surface area (Å²) in [5, 5.41) is 4.52. The minimum Gasteiger partial charge on any atom is -0.376 e. The molecule has 0 radical (unpaired) electrons. The number of carbonyl (C=O) groups is 1. The smallest absolute Gasteiger partial charge is 0.252 e. The van der Waals surface area contributed by atoms with Crippen LogP contribution < -0.4 is 5.32 Å². The van der Waals surface area contributed by atoms with Crippen molar-refractivity contribution >= 4 is 28.4 Å². The normalized spacial score (nSPS) is 16.7. The zero-order valence-electron chi connectivity index (χ0n) is 14.2. The van der Waals surface area contributed by atoms with Gasteiger partial charge in [-0.1, -0.05) is 41.9 Å². The molecule has 1 amide bonds.